The Balaban J connectivity index is 0.000000980. The van der Waals surface area contributed by atoms with Gasteiger partial charge in [-0.3, -0.25) is 4.99 Å². The maximum atomic E-state index is 4.95. The van der Waals surface area contributed by atoms with E-state index in [2.05, 4.69) is 39.9 Å². The van der Waals surface area contributed by atoms with Crippen molar-refractivity contribution < 1.29 is 0 Å². The molecule has 3 aliphatic heterocycles. The van der Waals surface area contributed by atoms with E-state index in [-0.39, 0.29) is 24.8 Å². The molecule has 2 atom stereocenters. The monoisotopic (exact) mass is 428 g/mol. The van der Waals surface area contributed by atoms with Crippen LogP contribution < -0.4 is 5.32 Å². The van der Waals surface area contributed by atoms with E-state index in [0.29, 0.717) is 12.1 Å². The van der Waals surface area contributed by atoms with Gasteiger partial charge in [0.05, 0.1) is 17.8 Å². The minimum absolute atomic E-state index is 0. The maximum Gasteiger partial charge on any atom is 0.168 e. The summed E-state index contributed by atoms with van der Waals surface area (Å²) >= 11 is 3.61. The number of thioether (sulfide) groups is 2. The van der Waals surface area contributed by atoms with Crippen LogP contribution in [0.4, 0.5) is 5.69 Å². The van der Waals surface area contributed by atoms with E-state index in [9.17, 15) is 0 Å². The van der Waals surface area contributed by atoms with Crippen molar-refractivity contribution in [2.45, 2.75) is 44.3 Å². The van der Waals surface area contributed by atoms with Gasteiger partial charge >= 0.3 is 0 Å². The molecule has 4 aliphatic rings. The molecule has 4 nitrogen and oxygen atoms in total. The molecular formula is C18H22Cl2N4S2. The zero-order chi connectivity index (χ0) is 15.9. The van der Waals surface area contributed by atoms with Gasteiger partial charge in [0.25, 0.3) is 0 Å². The molecule has 8 heteroatoms. The highest BCUT2D eigenvalue weighted by atomic mass is 35.5. The molecule has 0 bridgehead atoms. The smallest absolute Gasteiger partial charge is 0.168 e. The van der Waals surface area contributed by atoms with Crippen molar-refractivity contribution in [3.05, 3.63) is 40.9 Å². The summed E-state index contributed by atoms with van der Waals surface area (Å²) in [6.45, 7) is 0.872. The quantitative estimate of drug-likeness (QED) is 0.724. The molecule has 0 spiro atoms. The van der Waals surface area contributed by atoms with Gasteiger partial charge in [-0.2, -0.15) is 0 Å². The molecule has 1 aromatic rings. The van der Waals surface area contributed by atoms with Crippen LogP contribution in [0.2, 0.25) is 0 Å². The molecule has 26 heavy (non-hydrogen) atoms. The summed E-state index contributed by atoms with van der Waals surface area (Å²) in [4.78, 5) is 12.2. The maximum absolute atomic E-state index is 4.95. The number of amidine groups is 2. The Hall–Kier alpha value is -0.820. The van der Waals surface area contributed by atoms with Crippen LogP contribution in [0.1, 0.15) is 31.2 Å². The van der Waals surface area contributed by atoms with Gasteiger partial charge in [0.15, 0.2) is 10.3 Å². The first kappa shape index (κ1) is 19.9. The minimum Gasteiger partial charge on any atom is -0.360 e. The fraction of sp³-hybridized carbons (Fsp3) is 0.444. The lowest BCUT2D eigenvalue weighted by molar-refractivity contribution is 0.285. The van der Waals surface area contributed by atoms with Crippen LogP contribution >= 0.6 is 48.3 Å². The third kappa shape index (κ3) is 3.61. The van der Waals surface area contributed by atoms with E-state index in [0.717, 1.165) is 23.2 Å². The fourth-order valence-corrected chi connectivity index (χ4v) is 5.86. The Bertz CT molecular complexity index is 765. The summed E-state index contributed by atoms with van der Waals surface area (Å²) in [6.07, 6.45) is 5.23. The molecule has 0 aromatic heterocycles. The molecule has 1 fully saturated rings. The molecule has 3 heterocycles. The van der Waals surface area contributed by atoms with Crippen molar-refractivity contribution in [3.8, 4) is 0 Å². The Morgan fingerprint density at radius 1 is 1.19 bits per heavy atom. The Morgan fingerprint density at radius 3 is 2.96 bits per heavy atom. The van der Waals surface area contributed by atoms with Crippen molar-refractivity contribution in [2.24, 2.45) is 9.98 Å². The van der Waals surface area contributed by atoms with E-state index in [1.807, 2.05) is 11.8 Å². The number of aliphatic imine (C=N–C) groups is 2. The predicted molar refractivity (Wildman–Crippen MR) is 118 cm³/mol. The van der Waals surface area contributed by atoms with E-state index < -0.39 is 0 Å². The van der Waals surface area contributed by atoms with Crippen LogP contribution in [-0.4, -0.2) is 33.1 Å². The highest BCUT2D eigenvalue weighted by Gasteiger charge is 2.41. The summed E-state index contributed by atoms with van der Waals surface area (Å²) in [5, 5.41) is 7.99. The number of rotatable bonds is 2. The highest BCUT2D eigenvalue weighted by Crippen LogP contribution is 2.41. The van der Waals surface area contributed by atoms with Crippen molar-refractivity contribution >= 4 is 64.4 Å². The second-order valence-corrected chi connectivity index (χ2v) is 8.42. The molecule has 0 saturated heterocycles. The number of fused-ring (bicyclic) bond motifs is 4. The van der Waals surface area contributed by atoms with E-state index >= 15 is 0 Å². The van der Waals surface area contributed by atoms with Gasteiger partial charge in [-0.25, -0.2) is 4.99 Å². The third-order valence-electron chi connectivity index (χ3n) is 5.12. The molecule has 1 aliphatic carbocycles. The fourth-order valence-electron chi connectivity index (χ4n) is 3.91. The van der Waals surface area contributed by atoms with Gasteiger partial charge in [-0.05, 0) is 29.9 Å². The number of halogens is 2. The number of hydrogen-bond donors (Lipinski definition) is 1. The summed E-state index contributed by atoms with van der Waals surface area (Å²) in [6, 6.07) is 9.51. The van der Waals surface area contributed by atoms with Crippen LogP contribution in [0.3, 0.4) is 0 Å². The third-order valence-corrected chi connectivity index (χ3v) is 6.97. The predicted octanol–water partition coefficient (Wildman–Crippen LogP) is 4.93. The lowest BCUT2D eigenvalue weighted by Gasteiger charge is -2.32. The number of para-hydroxylation sites is 1. The zero-order valence-corrected chi connectivity index (χ0v) is 17.5. The normalized spacial score (nSPS) is 25.4. The Kier molecular flexibility index (Phi) is 6.49. The van der Waals surface area contributed by atoms with Crippen LogP contribution in [0.25, 0.3) is 0 Å². The summed E-state index contributed by atoms with van der Waals surface area (Å²) in [7, 11) is 0. The van der Waals surface area contributed by atoms with Gasteiger partial charge in [-0.1, -0.05) is 54.6 Å². The van der Waals surface area contributed by atoms with Crippen molar-refractivity contribution in [2.75, 3.05) is 5.75 Å². The minimum atomic E-state index is 0. The topological polar surface area (TPSA) is 40.0 Å². The first-order chi connectivity index (χ1) is 11.9. The molecule has 0 radical (unpaired) electrons. The van der Waals surface area contributed by atoms with Gasteiger partial charge < -0.3 is 10.2 Å². The van der Waals surface area contributed by atoms with Crippen molar-refractivity contribution in [1.82, 2.24) is 10.2 Å². The average molecular weight is 429 g/mol. The van der Waals surface area contributed by atoms with E-state index in [1.165, 1.54) is 42.1 Å². The number of hydrogen-bond acceptors (Lipinski definition) is 6. The molecule has 140 valence electrons. The molecule has 1 aromatic carbocycles. The summed E-state index contributed by atoms with van der Waals surface area (Å²) in [5.74, 6) is 0.962. The molecule has 1 N–H and O–H groups in total. The Morgan fingerprint density at radius 2 is 2.04 bits per heavy atom. The van der Waals surface area contributed by atoms with Crippen LogP contribution in [0.15, 0.2) is 45.4 Å². The SMILES string of the molecule is C1=C(CSC2=Nc3ccccc3CN2)N2C(=N[C@@H]3CCCC[C@H]32)S1.Cl.Cl. The van der Waals surface area contributed by atoms with Gasteiger partial charge in [0, 0.05) is 18.0 Å². The standard InChI is InChI=1S/C18H20N4S2.2ClH/c1-2-6-14-12(5-1)9-19-17(20-14)23-10-13-11-24-18-21-15-7-3-4-8-16(15)22(13)18;;/h1-2,5-6,11,15-16H,3-4,7-10H2,(H,19,20);2*1H/t15-,16-;;/m1../s1. The van der Waals surface area contributed by atoms with Gasteiger partial charge in [-0.15, -0.1) is 24.8 Å². The average Bonchev–Trinajstić information content (AvgIpc) is 3.19. The molecule has 1 saturated carbocycles. The molecular weight excluding hydrogens is 407 g/mol. The van der Waals surface area contributed by atoms with Crippen LogP contribution in [-0.2, 0) is 6.54 Å². The lowest BCUT2D eigenvalue weighted by atomic mass is 9.91. The van der Waals surface area contributed by atoms with Gasteiger partial charge in [0.1, 0.15) is 0 Å². The van der Waals surface area contributed by atoms with E-state index in [1.54, 1.807) is 11.8 Å². The van der Waals surface area contributed by atoms with Crippen molar-refractivity contribution in [1.29, 1.82) is 0 Å². The highest BCUT2D eigenvalue weighted by molar-refractivity contribution is 8.17. The first-order valence-corrected chi connectivity index (χ1v) is 10.5. The zero-order valence-electron chi connectivity index (χ0n) is 14.3. The second-order valence-electron chi connectivity index (χ2n) is 6.62. The molecule has 0 unspecified atom stereocenters. The molecule has 5 rings (SSSR count). The first-order valence-electron chi connectivity index (χ1n) is 8.64. The molecule has 0 amide bonds. The Labute approximate surface area is 175 Å². The summed E-state index contributed by atoms with van der Waals surface area (Å²) in [5.41, 5.74) is 3.78. The van der Waals surface area contributed by atoms with Crippen LogP contribution in [0.5, 0.6) is 0 Å². The lowest BCUT2D eigenvalue weighted by Crippen LogP contribution is -2.39. The largest absolute Gasteiger partial charge is 0.360 e. The van der Waals surface area contributed by atoms with Gasteiger partial charge in [0.2, 0.25) is 0 Å². The van der Waals surface area contributed by atoms with Crippen LogP contribution in [0, 0.1) is 0 Å². The number of nitrogens with one attached hydrogen (secondary N) is 1. The van der Waals surface area contributed by atoms with Crippen molar-refractivity contribution in [3.63, 3.8) is 0 Å². The number of benzene rings is 1. The summed E-state index contributed by atoms with van der Waals surface area (Å²) < 4.78 is 0. The van der Waals surface area contributed by atoms with E-state index in [4.69, 9.17) is 9.98 Å². The number of nitrogens with zero attached hydrogens (tertiary/aromatic N) is 3. The second kappa shape index (κ2) is 8.46.